The lowest BCUT2D eigenvalue weighted by atomic mass is 10.1. The first-order valence-corrected chi connectivity index (χ1v) is 6.10. The summed E-state index contributed by atoms with van der Waals surface area (Å²) in [4.78, 5) is 4.50. The number of hydrogen-bond donors (Lipinski definition) is 1. The lowest BCUT2D eigenvalue weighted by molar-refractivity contribution is 1.02. The summed E-state index contributed by atoms with van der Waals surface area (Å²) in [5.74, 6) is 0.862. The van der Waals surface area contributed by atoms with Crippen molar-refractivity contribution in [1.82, 2.24) is 9.55 Å². The van der Waals surface area contributed by atoms with E-state index in [0.29, 0.717) is 6.54 Å². The van der Waals surface area contributed by atoms with Crippen molar-refractivity contribution < 1.29 is 0 Å². The van der Waals surface area contributed by atoms with E-state index >= 15 is 0 Å². The molecule has 1 heterocycles. The van der Waals surface area contributed by atoms with E-state index in [1.54, 1.807) is 0 Å². The Labute approximate surface area is 108 Å². The van der Waals surface area contributed by atoms with Crippen molar-refractivity contribution in [3.05, 3.63) is 53.9 Å². The molecule has 2 aromatic rings. The molecule has 0 radical (unpaired) electrons. The van der Waals surface area contributed by atoms with Crippen LogP contribution in [0.3, 0.4) is 0 Å². The lowest BCUT2D eigenvalue weighted by Crippen LogP contribution is -2.06. The van der Waals surface area contributed by atoms with E-state index in [1.807, 2.05) is 19.2 Å². The van der Waals surface area contributed by atoms with Gasteiger partial charge in [0.05, 0.1) is 11.4 Å². The molecule has 0 aliphatic heterocycles. The number of nitrogens with zero attached hydrogens (tertiary/aromatic N) is 2. The molecular weight excluding hydrogens is 222 g/mol. The summed E-state index contributed by atoms with van der Waals surface area (Å²) in [5.41, 5.74) is 4.65. The van der Waals surface area contributed by atoms with Crippen LogP contribution in [-0.4, -0.2) is 16.1 Å². The number of aromatic nitrogens is 2. The predicted molar refractivity (Wildman–Crippen MR) is 76.5 cm³/mol. The Bertz CT molecular complexity index is 567. The lowest BCUT2D eigenvalue weighted by Gasteiger charge is -2.12. The standard InChI is InChI=1S/C15H19N3/c1-5-8-16-15-17-13(4)10-18(15)14-9-11(2)6-7-12(14)3/h5-7,9-10H,1,8H2,2-4H3,(H,16,17). The van der Waals surface area contributed by atoms with Gasteiger partial charge in [-0.3, -0.25) is 4.57 Å². The molecule has 0 saturated carbocycles. The molecule has 1 N–H and O–H groups in total. The monoisotopic (exact) mass is 241 g/mol. The second kappa shape index (κ2) is 5.08. The molecule has 18 heavy (non-hydrogen) atoms. The zero-order chi connectivity index (χ0) is 13.1. The van der Waals surface area contributed by atoms with Gasteiger partial charge in [-0.1, -0.05) is 18.2 Å². The van der Waals surface area contributed by atoms with Gasteiger partial charge in [0, 0.05) is 12.7 Å². The maximum atomic E-state index is 4.50. The van der Waals surface area contributed by atoms with E-state index in [9.17, 15) is 0 Å². The van der Waals surface area contributed by atoms with Gasteiger partial charge in [-0.2, -0.15) is 0 Å². The van der Waals surface area contributed by atoms with Crippen LogP contribution in [0.5, 0.6) is 0 Å². The van der Waals surface area contributed by atoms with E-state index in [2.05, 4.69) is 53.5 Å². The highest BCUT2D eigenvalue weighted by atomic mass is 15.2. The third kappa shape index (κ3) is 2.45. The van der Waals surface area contributed by atoms with Crippen LogP contribution in [0.15, 0.2) is 37.1 Å². The Morgan fingerprint density at radius 1 is 1.33 bits per heavy atom. The van der Waals surface area contributed by atoms with Crippen molar-refractivity contribution in [3.63, 3.8) is 0 Å². The van der Waals surface area contributed by atoms with Crippen LogP contribution in [0.1, 0.15) is 16.8 Å². The molecule has 0 saturated heterocycles. The summed E-state index contributed by atoms with van der Waals surface area (Å²) < 4.78 is 2.10. The summed E-state index contributed by atoms with van der Waals surface area (Å²) in [6, 6.07) is 6.44. The molecule has 0 fully saturated rings. The Balaban J connectivity index is 2.48. The second-order valence-corrected chi connectivity index (χ2v) is 4.54. The summed E-state index contributed by atoms with van der Waals surface area (Å²) >= 11 is 0. The molecule has 0 aliphatic carbocycles. The Morgan fingerprint density at radius 2 is 2.11 bits per heavy atom. The molecule has 1 aromatic carbocycles. The average molecular weight is 241 g/mol. The molecular formula is C15H19N3. The third-order valence-electron chi connectivity index (χ3n) is 2.86. The highest BCUT2D eigenvalue weighted by Gasteiger charge is 2.08. The molecule has 1 aromatic heterocycles. The van der Waals surface area contributed by atoms with E-state index in [4.69, 9.17) is 0 Å². The Morgan fingerprint density at radius 3 is 2.83 bits per heavy atom. The SMILES string of the molecule is C=CCNc1nc(C)cn1-c1cc(C)ccc1C. The zero-order valence-corrected chi connectivity index (χ0v) is 11.2. The molecule has 0 atom stereocenters. The number of rotatable bonds is 4. The maximum Gasteiger partial charge on any atom is 0.207 e. The first kappa shape index (κ1) is 12.4. The first-order valence-electron chi connectivity index (χ1n) is 6.10. The third-order valence-corrected chi connectivity index (χ3v) is 2.86. The van der Waals surface area contributed by atoms with Crippen molar-refractivity contribution >= 4 is 5.95 Å². The molecule has 3 heteroatoms. The minimum absolute atomic E-state index is 0.710. The van der Waals surface area contributed by atoms with Gasteiger partial charge in [0.1, 0.15) is 0 Å². The number of imidazole rings is 1. The predicted octanol–water partition coefficient (Wildman–Crippen LogP) is 3.40. The second-order valence-electron chi connectivity index (χ2n) is 4.54. The van der Waals surface area contributed by atoms with E-state index in [0.717, 1.165) is 11.6 Å². The van der Waals surface area contributed by atoms with E-state index < -0.39 is 0 Å². The van der Waals surface area contributed by atoms with Crippen molar-refractivity contribution in [2.75, 3.05) is 11.9 Å². The van der Waals surface area contributed by atoms with E-state index in [-0.39, 0.29) is 0 Å². The normalized spacial score (nSPS) is 10.4. The Kier molecular flexibility index (Phi) is 3.51. The molecule has 0 amide bonds. The molecule has 3 nitrogen and oxygen atoms in total. The van der Waals surface area contributed by atoms with Crippen molar-refractivity contribution in [1.29, 1.82) is 0 Å². The average Bonchev–Trinajstić information content (AvgIpc) is 2.71. The zero-order valence-electron chi connectivity index (χ0n) is 11.2. The summed E-state index contributed by atoms with van der Waals surface area (Å²) in [6.45, 7) is 10.6. The highest BCUT2D eigenvalue weighted by Crippen LogP contribution is 2.21. The van der Waals surface area contributed by atoms with Crippen LogP contribution in [0.4, 0.5) is 5.95 Å². The Hall–Kier alpha value is -2.03. The van der Waals surface area contributed by atoms with E-state index in [1.165, 1.54) is 16.8 Å². The molecule has 94 valence electrons. The van der Waals surface area contributed by atoms with Gasteiger partial charge in [0.2, 0.25) is 5.95 Å². The fourth-order valence-electron chi connectivity index (χ4n) is 1.95. The maximum absolute atomic E-state index is 4.50. The van der Waals surface area contributed by atoms with Gasteiger partial charge in [-0.05, 0) is 38.0 Å². The first-order chi connectivity index (χ1) is 8.61. The van der Waals surface area contributed by atoms with Gasteiger partial charge in [0.15, 0.2) is 0 Å². The van der Waals surface area contributed by atoms with Crippen LogP contribution in [0.2, 0.25) is 0 Å². The van der Waals surface area contributed by atoms with Gasteiger partial charge in [-0.25, -0.2) is 4.98 Å². The molecule has 2 rings (SSSR count). The van der Waals surface area contributed by atoms with Crippen LogP contribution < -0.4 is 5.32 Å². The fraction of sp³-hybridized carbons (Fsp3) is 0.267. The van der Waals surface area contributed by atoms with Crippen LogP contribution in [0.25, 0.3) is 5.69 Å². The largest absolute Gasteiger partial charge is 0.352 e. The number of nitrogens with one attached hydrogen (secondary N) is 1. The number of benzene rings is 1. The number of anilines is 1. The summed E-state index contributed by atoms with van der Waals surface area (Å²) in [7, 11) is 0. The van der Waals surface area contributed by atoms with Crippen LogP contribution in [0, 0.1) is 20.8 Å². The van der Waals surface area contributed by atoms with Gasteiger partial charge in [-0.15, -0.1) is 6.58 Å². The molecule has 0 bridgehead atoms. The highest BCUT2D eigenvalue weighted by molar-refractivity contribution is 5.49. The van der Waals surface area contributed by atoms with Gasteiger partial charge < -0.3 is 5.32 Å². The summed E-state index contributed by atoms with van der Waals surface area (Å²) in [6.07, 6.45) is 3.88. The van der Waals surface area contributed by atoms with Crippen LogP contribution >= 0.6 is 0 Å². The smallest absolute Gasteiger partial charge is 0.207 e. The molecule has 0 spiro atoms. The van der Waals surface area contributed by atoms with Crippen molar-refractivity contribution in [2.45, 2.75) is 20.8 Å². The number of hydrogen-bond acceptors (Lipinski definition) is 2. The van der Waals surface area contributed by atoms with Crippen LogP contribution in [-0.2, 0) is 0 Å². The minimum Gasteiger partial charge on any atom is -0.352 e. The molecule has 0 unspecified atom stereocenters. The topological polar surface area (TPSA) is 29.9 Å². The van der Waals surface area contributed by atoms with Crippen molar-refractivity contribution in [3.8, 4) is 5.69 Å². The van der Waals surface area contributed by atoms with Crippen molar-refractivity contribution in [2.24, 2.45) is 0 Å². The van der Waals surface area contributed by atoms with Gasteiger partial charge in [0.25, 0.3) is 0 Å². The van der Waals surface area contributed by atoms with Gasteiger partial charge >= 0.3 is 0 Å². The summed E-state index contributed by atoms with van der Waals surface area (Å²) in [5, 5.41) is 3.26. The minimum atomic E-state index is 0.710. The fourth-order valence-corrected chi connectivity index (χ4v) is 1.95. The number of aryl methyl sites for hydroxylation is 3. The molecule has 0 aliphatic rings. The quantitative estimate of drug-likeness (QED) is 0.831.